The molecule has 0 fully saturated rings. The molecule has 0 spiro atoms. The van der Waals surface area contributed by atoms with Gasteiger partial charge in [0, 0.05) is 19.2 Å². The molecule has 28 heavy (non-hydrogen) atoms. The minimum Gasteiger partial charge on any atom is -0.493 e. The number of aromatic nitrogens is 1. The summed E-state index contributed by atoms with van der Waals surface area (Å²) in [6.45, 7) is 2.47. The van der Waals surface area contributed by atoms with Crippen molar-refractivity contribution in [1.82, 2.24) is 9.29 Å². The number of methoxy groups -OCH3 is 2. The number of oxazole rings is 1. The number of sulfonamides is 1. The third kappa shape index (κ3) is 3.90. The van der Waals surface area contributed by atoms with Crippen LogP contribution >= 0.6 is 0 Å². The molecule has 0 amide bonds. The molecule has 1 aromatic heterocycles. The van der Waals surface area contributed by atoms with E-state index in [1.54, 1.807) is 32.4 Å². The smallest absolute Gasteiger partial charge is 0.419 e. The molecule has 0 saturated heterocycles. The summed E-state index contributed by atoms with van der Waals surface area (Å²) in [6.07, 6.45) is 0.475. The molecule has 0 atom stereocenters. The third-order valence-corrected chi connectivity index (χ3v) is 5.88. The first-order valence-corrected chi connectivity index (χ1v) is 10.2. The van der Waals surface area contributed by atoms with Gasteiger partial charge in [-0.3, -0.25) is 4.57 Å². The number of fused-ring (bicyclic) bond motifs is 1. The monoisotopic (exact) mass is 406 g/mol. The normalized spacial score (nSPS) is 11.7. The highest BCUT2D eigenvalue weighted by Crippen LogP contribution is 2.27. The van der Waals surface area contributed by atoms with Crippen LogP contribution in [0.3, 0.4) is 0 Å². The molecule has 0 bridgehead atoms. The van der Waals surface area contributed by atoms with Gasteiger partial charge in [0.05, 0.1) is 24.6 Å². The molecular weight excluding hydrogens is 384 g/mol. The summed E-state index contributed by atoms with van der Waals surface area (Å²) in [4.78, 5) is 11.8. The van der Waals surface area contributed by atoms with Crippen molar-refractivity contribution in [3.05, 3.63) is 52.5 Å². The van der Waals surface area contributed by atoms with Crippen molar-refractivity contribution < 1.29 is 22.3 Å². The number of nitrogens with zero attached hydrogens (tertiary/aromatic N) is 1. The van der Waals surface area contributed by atoms with E-state index in [1.165, 1.54) is 16.7 Å². The SMILES string of the molecule is CCn1c(=O)oc2cc(S(=O)(=O)NCCc3ccc(OC)c(OC)c3)ccc21. The standard InChI is InChI=1S/C19H22N2O6S/c1-4-21-15-7-6-14(12-17(15)27-19(21)22)28(23,24)20-10-9-13-5-8-16(25-2)18(11-13)26-3/h5-8,11-12,20H,4,9-10H2,1-3H3. The number of benzene rings is 2. The van der Waals surface area contributed by atoms with Crippen LogP contribution < -0.4 is 20.0 Å². The van der Waals surface area contributed by atoms with Crippen molar-refractivity contribution in [3.8, 4) is 11.5 Å². The Morgan fingerprint density at radius 3 is 2.50 bits per heavy atom. The second kappa shape index (κ2) is 8.07. The third-order valence-electron chi connectivity index (χ3n) is 4.42. The Hall–Kier alpha value is -2.78. The Bertz CT molecular complexity index is 1150. The Balaban J connectivity index is 1.74. The number of hydrogen-bond acceptors (Lipinski definition) is 6. The number of rotatable bonds is 8. The van der Waals surface area contributed by atoms with E-state index in [0.717, 1.165) is 5.56 Å². The molecule has 3 aromatic rings. The molecule has 8 nitrogen and oxygen atoms in total. The highest BCUT2D eigenvalue weighted by Gasteiger charge is 2.17. The molecule has 3 rings (SSSR count). The van der Waals surface area contributed by atoms with Crippen LogP contribution in [0.25, 0.3) is 11.1 Å². The lowest BCUT2D eigenvalue weighted by Crippen LogP contribution is -2.26. The Kier molecular flexibility index (Phi) is 5.76. The highest BCUT2D eigenvalue weighted by molar-refractivity contribution is 7.89. The maximum atomic E-state index is 12.6. The molecule has 0 unspecified atom stereocenters. The van der Waals surface area contributed by atoms with E-state index in [4.69, 9.17) is 13.9 Å². The minimum atomic E-state index is -3.74. The molecule has 0 aliphatic carbocycles. The molecule has 0 aliphatic heterocycles. The number of hydrogen-bond donors (Lipinski definition) is 1. The van der Waals surface area contributed by atoms with E-state index in [-0.39, 0.29) is 17.0 Å². The van der Waals surface area contributed by atoms with E-state index in [2.05, 4.69) is 4.72 Å². The van der Waals surface area contributed by atoms with Gasteiger partial charge in [0.25, 0.3) is 0 Å². The van der Waals surface area contributed by atoms with Crippen molar-refractivity contribution in [2.24, 2.45) is 0 Å². The Morgan fingerprint density at radius 2 is 1.82 bits per heavy atom. The van der Waals surface area contributed by atoms with Gasteiger partial charge in [-0.1, -0.05) is 6.07 Å². The second-order valence-corrected chi connectivity index (χ2v) is 7.85. The van der Waals surface area contributed by atoms with Crippen LogP contribution in [0.1, 0.15) is 12.5 Å². The van der Waals surface area contributed by atoms with Crippen molar-refractivity contribution in [3.63, 3.8) is 0 Å². The molecule has 150 valence electrons. The lowest BCUT2D eigenvalue weighted by atomic mass is 10.1. The Morgan fingerprint density at radius 1 is 1.07 bits per heavy atom. The molecule has 9 heteroatoms. The lowest BCUT2D eigenvalue weighted by molar-refractivity contribution is 0.354. The van der Waals surface area contributed by atoms with Crippen LogP contribution in [0.15, 0.2) is 50.5 Å². The number of ether oxygens (including phenoxy) is 2. The summed E-state index contributed by atoms with van der Waals surface area (Å²) in [5.41, 5.74) is 1.72. The van der Waals surface area contributed by atoms with Crippen LogP contribution in [-0.4, -0.2) is 33.7 Å². The zero-order valence-corrected chi connectivity index (χ0v) is 16.7. The van der Waals surface area contributed by atoms with Crippen molar-refractivity contribution in [2.45, 2.75) is 24.8 Å². The molecule has 2 aromatic carbocycles. The number of aryl methyl sites for hydroxylation is 1. The largest absolute Gasteiger partial charge is 0.493 e. The first-order chi connectivity index (χ1) is 13.4. The van der Waals surface area contributed by atoms with Gasteiger partial charge in [-0.15, -0.1) is 0 Å². The molecule has 0 saturated carbocycles. The second-order valence-electron chi connectivity index (χ2n) is 6.08. The fourth-order valence-electron chi connectivity index (χ4n) is 2.96. The van der Waals surface area contributed by atoms with Crippen LogP contribution in [-0.2, 0) is 23.0 Å². The van der Waals surface area contributed by atoms with Crippen LogP contribution in [0.5, 0.6) is 11.5 Å². The van der Waals surface area contributed by atoms with Gasteiger partial charge >= 0.3 is 5.76 Å². The quantitative estimate of drug-likeness (QED) is 0.615. The molecule has 1 heterocycles. The summed E-state index contributed by atoms with van der Waals surface area (Å²) in [5, 5.41) is 0. The first kappa shape index (κ1) is 20.0. The first-order valence-electron chi connectivity index (χ1n) is 8.73. The maximum absolute atomic E-state index is 12.6. The summed E-state index contributed by atoms with van der Waals surface area (Å²) >= 11 is 0. The van der Waals surface area contributed by atoms with Gasteiger partial charge in [0.1, 0.15) is 0 Å². The fourth-order valence-corrected chi connectivity index (χ4v) is 4.01. The van der Waals surface area contributed by atoms with Crippen LogP contribution in [0, 0.1) is 0 Å². The summed E-state index contributed by atoms with van der Waals surface area (Å²) in [6, 6.07) is 9.83. The van der Waals surface area contributed by atoms with Gasteiger partial charge in [-0.25, -0.2) is 17.9 Å². The molecule has 1 N–H and O–H groups in total. The van der Waals surface area contributed by atoms with Gasteiger partial charge < -0.3 is 13.9 Å². The average Bonchev–Trinajstić information content (AvgIpc) is 3.01. The van der Waals surface area contributed by atoms with Gasteiger partial charge in [-0.05, 0) is 43.2 Å². The van der Waals surface area contributed by atoms with Crippen molar-refractivity contribution >= 4 is 21.1 Å². The fraction of sp³-hybridized carbons (Fsp3) is 0.316. The van der Waals surface area contributed by atoms with Gasteiger partial charge in [-0.2, -0.15) is 0 Å². The van der Waals surface area contributed by atoms with E-state index in [9.17, 15) is 13.2 Å². The van der Waals surface area contributed by atoms with E-state index in [1.807, 2.05) is 13.0 Å². The number of nitrogens with one attached hydrogen (secondary N) is 1. The van der Waals surface area contributed by atoms with Crippen molar-refractivity contribution in [1.29, 1.82) is 0 Å². The predicted octanol–water partition coefficient (Wildman–Crippen LogP) is 2.15. The highest BCUT2D eigenvalue weighted by atomic mass is 32.2. The topological polar surface area (TPSA) is 99.8 Å². The maximum Gasteiger partial charge on any atom is 0.419 e. The molecule has 0 aliphatic rings. The minimum absolute atomic E-state index is 0.0457. The van der Waals surface area contributed by atoms with E-state index < -0.39 is 15.8 Å². The molecule has 0 radical (unpaired) electrons. The lowest BCUT2D eigenvalue weighted by Gasteiger charge is -2.10. The van der Waals surface area contributed by atoms with Crippen LogP contribution in [0.2, 0.25) is 0 Å². The van der Waals surface area contributed by atoms with E-state index >= 15 is 0 Å². The van der Waals surface area contributed by atoms with Gasteiger partial charge in [0.2, 0.25) is 10.0 Å². The van der Waals surface area contributed by atoms with E-state index in [0.29, 0.717) is 30.0 Å². The zero-order chi connectivity index (χ0) is 20.3. The van der Waals surface area contributed by atoms with Crippen molar-refractivity contribution in [2.75, 3.05) is 20.8 Å². The summed E-state index contributed by atoms with van der Waals surface area (Å²) in [7, 11) is -0.637. The van der Waals surface area contributed by atoms with Gasteiger partial charge in [0.15, 0.2) is 17.1 Å². The average molecular weight is 406 g/mol. The zero-order valence-electron chi connectivity index (χ0n) is 15.9. The predicted molar refractivity (Wildman–Crippen MR) is 105 cm³/mol. The summed E-state index contributed by atoms with van der Waals surface area (Å²) < 4.78 is 44.7. The molecular formula is C19H22N2O6S. The summed E-state index contributed by atoms with van der Waals surface area (Å²) in [5.74, 6) is 0.692. The van der Waals surface area contributed by atoms with Crippen LogP contribution in [0.4, 0.5) is 0 Å². The Labute approximate surface area is 162 Å².